The van der Waals surface area contributed by atoms with Crippen molar-refractivity contribution >= 4 is 0 Å². The van der Waals surface area contributed by atoms with E-state index in [1.165, 1.54) is 56.1 Å². The number of rotatable bonds is 5. The fourth-order valence-electron chi connectivity index (χ4n) is 4.13. The molecule has 2 nitrogen and oxygen atoms in total. The van der Waals surface area contributed by atoms with E-state index in [0.29, 0.717) is 12.0 Å². The summed E-state index contributed by atoms with van der Waals surface area (Å²) in [6.07, 6.45) is 10.0. The highest BCUT2D eigenvalue weighted by Gasteiger charge is 2.46. The molecule has 2 aliphatic carbocycles. The molecule has 2 heteroatoms. The summed E-state index contributed by atoms with van der Waals surface area (Å²) in [5.41, 5.74) is 3.36. The van der Waals surface area contributed by atoms with E-state index in [0.717, 1.165) is 12.6 Å². The van der Waals surface area contributed by atoms with Crippen molar-refractivity contribution in [3.63, 3.8) is 0 Å². The van der Waals surface area contributed by atoms with Crippen LogP contribution in [0, 0.1) is 5.41 Å². The molecule has 1 unspecified atom stereocenters. The molecule has 1 aromatic rings. The van der Waals surface area contributed by atoms with Gasteiger partial charge in [-0.25, -0.2) is 0 Å². The fraction of sp³-hybridized carbons (Fsp3) is 0.667. The van der Waals surface area contributed by atoms with Crippen LogP contribution in [0.3, 0.4) is 0 Å². The molecule has 2 saturated carbocycles. The Morgan fingerprint density at radius 3 is 2.50 bits per heavy atom. The van der Waals surface area contributed by atoms with E-state index in [1.54, 1.807) is 7.11 Å². The molecule has 2 aliphatic rings. The van der Waals surface area contributed by atoms with Gasteiger partial charge in [0.15, 0.2) is 0 Å². The van der Waals surface area contributed by atoms with Crippen LogP contribution in [0.1, 0.15) is 56.1 Å². The SMILES string of the molecule is COCc1ccccc1CNC1CCC12CCCCC2. The Labute approximate surface area is 122 Å². The van der Waals surface area contributed by atoms with Gasteiger partial charge in [0.05, 0.1) is 6.61 Å². The summed E-state index contributed by atoms with van der Waals surface area (Å²) in [7, 11) is 1.77. The van der Waals surface area contributed by atoms with Crippen molar-refractivity contribution in [3.05, 3.63) is 35.4 Å². The summed E-state index contributed by atoms with van der Waals surface area (Å²) >= 11 is 0. The molecule has 0 radical (unpaired) electrons. The third kappa shape index (κ3) is 2.77. The zero-order chi connectivity index (χ0) is 13.8. The zero-order valence-electron chi connectivity index (χ0n) is 12.7. The van der Waals surface area contributed by atoms with Crippen LogP contribution in [0.2, 0.25) is 0 Å². The molecular formula is C18H27NO. The van der Waals surface area contributed by atoms with Crippen LogP contribution in [-0.2, 0) is 17.9 Å². The summed E-state index contributed by atoms with van der Waals surface area (Å²) in [6, 6.07) is 9.39. The average molecular weight is 273 g/mol. The largest absolute Gasteiger partial charge is 0.380 e. The van der Waals surface area contributed by atoms with Crippen molar-refractivity contribution in [3.8, 4) is 0 Å². The maximum atomic E-state index is 5.30. The third-order valence-corrected chi connectivity index (χ3v) is 5.48. The van der Waals surface area contributed by atoms with Crippen molar-refractivity contribution in [2.75, 3.05) is 7.11 Å². The Morgan fingerprint density at radius 1 is 1.10 bits per heavy atom. The van der Waals surface area contributed by atoms with Crippen LogP contribution < -0.4 is 5.32 Å². The van der Waals surface area contributed by atoms with E-state index in [-0.39, 0.29) is 0 Å². The maximum Gasteiger partial charge on any atom is 0.0716 e. The van der Waals surface area contributed by atoms with Gasteiger partial charge in [0, 0.05) is 19.7 Å². The van der Waals surface area contributed by atoms with Crippen molar-refractivity contribution in [1.82, 2.24) is 5.32 Å². The predicted molar refractivity (Wildman–Crippen MR) is 82.5 cm³/mol. The lowest BCUT2D eigenvalue weighted by Crippen LogP contribution is -2.54. The van der Waals surface area contributed by atoms with Crippen LogP contribution >= 0.6 is 0 Å². The van der Waals surface area contributed by atoms with E-state index >= 15 is 0 Å². The van der Waals surface area contributed by atoms with Gasteiger partial charge < -0.3 is 10.1 Å². The summed E-state index contributed by atoms with van der Waals surface area (Å²) in [4.78, 5) is 0. The molecule has 110 valence electrons. The Bertz CT molecular complexity index is 437. The second-order valence-electron chi connectivity index (χ2n) is 6.60. The first-order chi connectivity index (χ1) is 9.84. The topological polar surface area (TPSA) is 21.3 Å². The molecule has 0 bridgehead atoms. The quantitative estimate of drug-likeness (QED) is 0.874. The molecular weight excluding hydrogens is 246 g/mol. The van der Waals surface area contributed by atoms with Gasteiger partial charge in [-0.3, -0.25) is 0 Å². The highest BCUT2D eigenvalue weighted by molar-refractivity contribution is 5.26. The predicted octanol–water partition coefficient (Wildman–Crippen LogP) is 4.04. The molecule has 0 saturated heterocycles. The number of methoxy groups -OCH3 is 1. The van der Waals surface area contributed by atoms with E-state index in [1.807, 2.05) is 0 Å². The molecule has 1 atom stereocenters. The molecule has 1 aromatic carbocycles. The standard InChI is InChI=1S/C18H27NO/c1-20-14-16-8-4-3-7-15(16)13-19-17-9-12-18(17)10-5-2-6-11-18/h3-4,7-8,17,19H,2,5-6,9-14H2,1H3. The first-order valence-corrected chi connectivity index (χ1v) is 8.13. The summed E-state index contributed by atoms with van der Waals surface area (Å²) in [5.74, 6) is 0. The summed E-state index contributed by atoms with van der Waals surface area (Å²) in [5, 5.41) is 3.84. The number of ether oxygens (including phenoxy) is 1. The van der Waals surface area contributed by atoms with Crippen molar-refractivity contribution in [1.29, 1.82) is 0 Å². The highest BCUT2D eigenvalue weighted by Crippen LogP contribution is 2.51. The first-order valence-electron chi connectivity index (χ1n) is 8.13. The van der Waals surface area contributed by atoms with Gasteiger partial charge >= 0.3 is 0 Å². The molecule has 0 heterocycles. The van der Waals surface area contributed by atoms with Crippen LogP contribution in [0.4, 0.5) is 0 Å². The minimum atomic E-state index is 0.647. The molecule has 0 aliphatic heterocycles. The van der Waals surface area contributed by atoms with Gasteiger partial charge in [-0.05, 0) is 42.2 Å². The normalized spacial score (nSPS) is 24.6. The van der Waals surface area contributed by atoms with E-state index in [4.69, 9.17) is 4.74 Å². The summed E-state index contributed by atoms with van der Waals surface area (Å²) < 4.78 is 5.30. The van der Waals surface area contributed by atoms with Crippen LogP contribution in [0.5, 0.6) is 0 Å². The number of hydrogen-bond acceptors (Lipinski definition) is 2. The molecule has 20 heavy (non-hydrogen) atoms. The molecule has 1 N–H and O–H groups in total. The Kier molecular flexibility index (Phi) is 4.42. The lowest BCUT2D eigenvalue weighted by molar-refractivity contribution is 0.0220. The van der Waals surface area contributed by atoms with Gasteiger partial charge in [-0.1, -0.05) is 43.5 Å². The van der Waals surface area contributed by atoms with Crippen LogP contribution in [-0.4, -0.2) is 13.2 Å². The first kappa shape index (κ1) is 14.1. The number of nitrogens with one attached hydrogen (secondary N) is 1. The second-order valence-corrected chi connectivity index (χ2v) is 6.60. The molecule has 2 fully saturated rings. The van der Waals surface area contributed by atoms with Crippen molar-refractivity contribution in [2.24, 2.45) is 5.41 Å². The number of hydrogen-bond donors (Lipinski definition) is 1. The fourth-order valence-corrected chi connectivity index (χ4v) is 4.13. The average Bonchev–Trinajstić information content (AvgIpc) is 2.49. The Balaban J connectivity index is 1.59. The van der Waals surface area contributed by atoms with E-state index in [2.05, 4.69) is 29.6 Å². The molecule has 1 spiro atoms. The van der Waals surface area contributed by atoms with Gasteiger partial charge in [-0.15, -0.1) is 0 Å². The van der Waals surface area contributed by atoms with Crippen LogP contribution in [0.15, 0.2) is 24.3 Å². The third-order valence-electron chi connectivity index (χ3n) is 5.48. The van der Waals surface area contributed by atoms with Gasteiger partial charge in [0.25, 0.3) is 0 Å². The Morgan fingerprint density at radius 2 is 1.85 bits per heavy atom. The zero-order valence-corrected chi connectivity index (χ0v) is 12.7. The van der Waals surface area contributed by atoms with E-state index < -0.39 is 0 Å². The van der Waals surface area contributed by atoms with Gasteiger partial charge in [0.1, 0.15) is 0 Å². The smallest absolute Gasteiger partial charge is 0.0716 e. The van der Waals surface area contributed by atoms with E-state index in [9.17, 15) is 0 Å². The molecule has 3 rings (SSSR count). The van der Waals surface area contributed by atoms with Crippen LogP contribution in [0.25, 0.3) is 0 Å². The minimum Gasteiger partial charge on any atom is -0.380 e. The lowest BCUT2D eigenvalue weighted by Gasteiger charge is -2.52. The second kappa shape index (κ2) is 6.28. The molecule has 0 amide bonds. The number of benzene rings is 1. The van der Waals surface area contributed by atoms with Gasteiger partial charge in [-0.2, -0.15) is 0 Å². The van der Waals surface area contributed by atoms with Gasteiger partial charge in [0.2, 0.25) is 0 Å². The summed E-state index contributed by atoms with van der Waals surface area (Å²) in [6.45, 7) is 1.71. The monoisotopic (exact) mass is 273 g/mol. The van der Waals surface area contributed by atoms with Crippen molar-refractivity contribution < 1.29 is 4.74 Å². The Hall–Kier alpha value is -0.860. The van der Waals surface area contributed by atoms with Crippen molar-refractivity contribution in [2.45, 2.75) is 64.1 Å². The molecule has 0 aromatic heterocycles. The maximum absolute atomic E-state index is 5.30. The highest BCUT2D eigenvalue weighted by atomic mass is 16.5. The minimum absolute atomic E-state index is 0.647. The lowest BCUT2D eigenvalue weighted by atomic mass is 9.57.